The van der Waals surface area contributed by atoms with E-state index in [1.54, 1.807) is 7.05 Å². The number of aliphatic imine (C=N–C) groups is 1. The largest absolute Gasteiger partial charge is 0.368 e. The first kappa shape index (κ1) is 24.0. The summed E-state index contributed by atoms with van der Waals surface area (Å²) in [5.74, 6) is 0.750. The minimum atomic E-state index is -2.96. The molecule has 2 saturated heterocycles. The highest BCUT2D eigenvalue weighted by molar-refractivity contribution is 14.0. The Morgan fingerprint density at radius 2 is 1.86 bits per heavy atom. The lowest BCUT2D eigenvalue weighted by Crippen LogP contribution is -2.53. The number of rotatable bonds is 4. The normalized spacial score (nSPS) is 21.4. The molecule has 0 radical (unpaired) electrons. The average molecular weight is 556 g/mol. The molecule has 0 bridgehead atoms. The van der Waals surface area contributed by atoms with Gasteiger partial charge in [0.1, 0.15) is 0 Å². The molecule has 1 amide bonds. The number of sulfone groups is 1. The van der Waals surface area contributed by atoms with Crippen LogP contribution in [0.4, 0.5) is 5.69 Å². The van der Waals surface area contributed by atoms with Crippen molar-refractivity contribution in [2.45, 2.75) is 12.5 Å². The van der Waals surface area contributed by atoms with Crippen LogP contribution in [0.25, 0.3) is 0 Å². The summed E-state index contributed by atoms with van der Waals surface area (Å²) in [6.45, 7) is 2.95. The second-order valence-electron chi connectivity index (χ2n) is 7.01. The Morgan fingerprint density at radius 3 is 2.41 bits per heavy atom. The van der Waals surface area contributed by atoms with Gasteiger partial charge < -0.3 is 20.4 Å². The molecule has 162 valence electrons. The molecule has 0 aromatic heterocycles. The van der Waals surface area contributed by atoms with Crippen molar-refractivity contribution < 1.29 is 13.2 Å². The van der Waals surface area contributed by atoms with Gasteiger partial charge in [-0.05, 0) is 30.7 Å². The van der Waals surface area contributed by atoms with Crippen LogP contribution in [0.15, 0.2) is 29.3 Å². The molecular formula is C18H27ClIN5O3S. The van der Waals surface area contributed by atoms with Crippen LogP contribution in [-0.2, 0) is 14.6 Å². The predicted octanol–water partition coefficient (Wildman–Crippen LogP) is 0.959. The van der Waals surface area contributed by atoms with Crippen molar-refractivity contribution in [1.82, 2.24) is 15.5 Å². The Hall–Kier alpha value is -1.27. The maximum Gasteiger partial charge on any atom is 0.242 e. The van der Waals surface area contributed by atoms with Gasteiger partial charge in [-0.25, -0.2) is 8.42 Å². The van der Waals surface area contributed by atoms with E-state index in [0.717, 1.165) is 18.8 Å². The first-order valence-corrected chi connectivity index (χ1v) is 11.5. The van der Waals surface area contributed by atoms with Crippen LogP contribution in [0.5, 0.6) is 0 Å². The minimum Gasteiger partial charge on any atom is -0.368 e. The van der Waals surface area contributed by atoms with Gasteiger partial charge in [-0.3, -0.25) is 9.79 Å². The van der Waals surface area contributed by atoms with Crippen molar-refractivity contribution in [3.8, 4) is 0 Å². The summed E-state index contributed by atoms with van der Waals surface area (Å²) in [4.78, 5) is 20.6. The number of hydrogen-bond acceptors (Lipinski definition) is 5. The van der Waals surface area contributed by atoms with Crippen LogP contribution >= 0.6 is 35.6 Å². The fourth-order valence-corrected chi connectivity index (χ4v) is 5.23. The van der Waals surface area contributed by atoms with Gasteiger partial charge in [-0.15, -0.1) is 24.0 Å². The molecule has 1 aromatic carbocycles. The maximum atomic E-state index is 12.5. The summed E-state index contributed by atoms with van der Waals surface area (Å²) in [7, 11) is -1.36. The number of nitrogens with one attached hydrogen (secondary N) is 2. The van der Waals surface area contributed by atoms with Crippen molar-refractivity contribution in [3.63, 3.8) is 0 Å². The molecule has 1 atom stereocenters. The molecule has 0 aliphatic carbocycles. The van der Waals surface area contributed by atoms with Crippen molar-refractivity contribution >= 4 is 63.0 Å². The van der Waals surface area contributed by atoms with Gasteiger partial charge in [0.2, 0.25) is 5.91 Å². The van der Waals surface area contributed by atoms with Crippen molar-refractivity contribution in [1.29, 1.82) is 0 Å². The number of anilines is 1. The van der Waals surface area contributed by atoms with Gasteiger partial charge in [-0.1, -0.05) is 11.6 Å². The Morgan fingerprint density at radius 1 is 1.21 bits per heavy atom. The molecule has 0 saturated carbocycles. The lowest BCUT2D eigenvalue weighted by atomic mass is 10.2. The maximum absolute atomic E-state index is 12.5. The molecule has 1 aromatic rings. The molecule has 29 heavy (non-hydrogen) atoms. The topological polar surface area (TPSA) is 94.1 Å². The van der Waals surface area contributed by atoms with Crippen LogP contribution in [-0.4, -0.2) is 82.5 Å². The number of halogens is 2. The third-order valence-electron chi connectivity index (χ3n) is 5.03. The first-order chi connectivity index (χ1) is 13.4. The summed E-state index contributed by atoms with van der Waals surface area (Å²) in [6, 6.07) is 7.55. The number of guanidine groups is 1. The van der Waals surface area contributed by atoms with E-state index in [4.69, 9.17) is 11.6 Å². The zero-order valence-corrected chi connectivity index (χ0v) is 20.2. The second kappa shape index (κ2) is 10.7. The number of benzene rings is 1. The number of carbonyl (C=O) groups excluding carboxylic acids is 1. The van der Waals surface area contributed by atoms with E-state index in [0.29, 0.717) is 30.5 Å². The van der Waals surface area contributed by atoms with Crippen LogP contribution in [0, 0.1) is 0 Å². The predicted molar refractivity (Wildman–Crippen MR) is 127 cm³/mol. The van der Waals surface area contributed by atoms with Crippen molar-refractivity contribution in [2.24, 2.45) is 4.99 Å². The van der Waals surface area contributed by atoms with E-state index in [-0.39, 0.29) is 54.0 Å². The Balaban J connectivity index is 0.00000300. The molecule has 1 unspecified atom stereocenters. The SMILES string of the molecule is CN=C(NCC(=O)N1CCN(c2ccc(Cl)cc2)CC1)NC1CCS(=O)(=O)C1.I. The molecule has 8 nitrogen and oxygen atoms in total. The highest BCUT2D eigenvalue weighted by atomic mass is 127. The van der Waals surface area contributed by atoms with E-state index < -0.39 is 9.84 Å². The van der Waals surface area contributed by atoms with E-state index in [9.17, 15) is 13.2 Å². The summed E-state index contributed by atoms with van der Waals surface area (Å²) >= 11 is 5.93. The second-order valence-corrected chi connectivity index (χ2v) is 9.68. The van der Waals surface area contributed by atoms with Crippen LogP contribution in [0.1, 0.15) is 6.42 Å². The highest BCUT2D eigenvalue weighted by Crippen LogP contribution is 2.19. The summed E-state index contributed by atoms with van der Waals surface area (Å²) < 4.78 is 23.1. The fourth-order valence-electron chi connectivity index (χ4n) is 3.43. The molecule has 2 aliphatic rings. The molecule has 2 heterocycles. The zero-order valence-electron chi connectivity index (χ0n) is 16.3. The standard InChI is InChI=1S/C18H26ClN5O3S.HI/c1-20-18(22-15-6-11-28(26,27)13-15)21-12-17(25)24-9-7-23(8-10-24)16-4-2-14(19)3-5-16;/h2-5,15H,6-13H2,1H3,(H2,20,21,22);1H. The number of hydrogen-bond donors (Lipinski definition) is 2. The van der Waals surface area contributed by atoms with Crippen LogP contribution in [0.2, 0.25) is 5.02 Å². The third kappa shape index (κ3) is 6.88. The lowest BCUT2D eigenvalue weighted by Gasteiger charge is -2.36. The first-order valence-electron chi connectivity index (χ1n) is 9.32. The smallest absolute Gasteiger partial charge is 0.242 e. The summed E-state index contributed by atoms with van der Waals surface area (Å²) in [6.07, 6.45) is 0.559. The van der Waals surface area contributed by atoms with Gasteiger partial charge in [0.05, 0.1) is 18.1 Å². The zero-order chi connectivity index (χ0) is 20.1. The summed E-state index contributed by atoms with van der Waals surface area (Å²) in [5, 5.41) is 6.79. The Bertz CT molecular complexity index is 826. The van der Waals surface area contributed by atoms with E-state index >= 15 is 0 Å². The fraction of sp³-hybridized carbons (Fsp3) is 0.556. The molecule has 3 rings (SSSR count). The third-order valence-corrected chi connectivity index (χ3v) is 7.05. The van der Waals surface area contributed by atoms with Crippen molar-refractivity contribution in [2.75, 3.05) is 56.2 Å². The van der Waals surface area contributed by atoms with Gasteiger partial charge in [-0.2, -0.15) is 0 Å². The van der Waals surface area contributed by atoms with Crippen molar-refractivity contribution in [3.05, 3.63) is 29.3 Å². The summed E-state index contributed by atoms with van der Waals surface area (Å²) in [5.41, 5.74) is 1.10. The van der Waals surface area contributed by atoms with E-state index in [1.807, 2.05) is 29.2 Å². The molecule has 2 fully saturated rings. The Kier molecular flexibility index (Phi) is 8.83. The number of nitrogens with zero attached hydrogens (tertiary/aromatic N) is 3. The lowest BCUT2D eigenvalue weighted by molar-refractivity contribution is -0.130. The minimum absolute atomic E-state index is 0. The van der Waals surface area contributed by atoms with Gasteiger partial charge in [0.25, 0.3) is 0 Å². The highest BCUT2D eigenvalue weighted by Gasteiger charge is 2.28. The Labute approximate surface area is 194 Å². The number of piperazine rings is 1. The molecule has 2 aliphatic heterocycles. The van der Waals surface area contributed by atoms with E-state index in [1.165, 1.54) is 0 Å². The van der Waals surface area contributed by atoms with Gasteiger partial charge in [0, 0.05) is 50.0 Å². The molecule has 2 N–H and O–H groups in total. The number of amides is 1. The molecular weight excluding hydrogens is 529 g/mol. The van der Waals surface area contributed by atoms with Gasteiger partial charge >= 0.3 is 0 Å². The monoisotopic (exact) mass is 555 g/mol. The van der Waals surface area contributed by atoms with E-state index in [2.05, 4.69) is 20.5 Å². The molecule has 0 spiro atoms. The average Bonchev–Trinajstić information content (AvgIpc) is 3.04. The number of carbonyl (C=O) groups is 1. The van der Waals surface area contributed by atoms with Crippen LogP contribution in [0.3, 0.4) is 0 Å². The molecule has 11 heteroatoms. The quantitative estimate of drug-likeness (QED) is 0.327. The van der Waals surface area contributed by atoms with Crippen LogP contribution < -0.4 is 15.5 Å². The van der Waals surface area contributed by atoms with Gasteiger partial charge in [0.15, 0.2) is 15.8 Å².